The number of nitrogens with one attached hydrogen (secondary N) is 4. The Hall–Kier alpha value is -7.71. The van der Waals surface area contributed by atoms with E-state index in [0.29, 0.717) is 29.5 Å². The zero-order valence-electron chi connectivity index (χ0n) is 42.2. The van der Waals surface area contributed by atoms with Crippen LogP contribution >= 0.6 is 0 Å². The third-order valence-corrected chi connectivity index (χ3v) is 14.4. The molecule has 19 nitrogen and oxygen atoms in total. The van der Waals surface area contributed by atoms with Crippen LogP contribution in [0.4, 0.5) is 17.6 Å². The highest BCUT2D eigenvalue weighted by atomic mass is 16.6. The summed E-state index contributed by atoms with van der Waals surface area (Å²) in [6.45, 7) is 9.30. The van der Waals surface area contributed by atoms with Gasteiger partial charge in [0.1, 0.15) is 30.8 Å². The standard InChI is InChI=1S/C28H25N3O4.C19H26N6O.C7H9N5/c1-28-26(33-3)17(29-2)12-20(35-28)30-18-10-6-4-8-14(18)22-23-16(13-34-27(23)32)21-15-9-5-7-11-19(15)31(28)25(21)24(22)30;1-4-15(11-26)22-19-23-17(20-10-14-8-6-5-7-9-14)16-18(24-19)25(12-21-16)13(2)3;1-12(2)7-5-6(9-3-8-5)10-4-11-7/h4-11,17,20,26,29H,12-13H2,1-3H3;5-9,12-13,15,26H,4,10-11H2,1-3H3,(H2,20,22,23,24);3-4H,1-2H3,(H,8,9,10,11)/t17-,20-,26-,28+;15-;/m01./s1. The van der Waals surface area contributed by atoms with Crippen molar-refractivity contribution in [2.75, 3.05) is 50.4 Å². The Kier molecular flexibility index (Phi) is 12.4. The van der Waals surface area contributed by atoms with E-state index in [1.165, 1.54) is 11.9 Å². The summed E-state index contributed by atoms with van der Waals surface area (Å²) in [7, 11) is 7.62. The Labute approximate surface area is 420 Å². The van der Waals surface area contributed by atoms with Crippen molar-refractivity contribution < 1.29 is 24.1 Å². The topological polar surface area (TPSA) is 212 Å². The van der Waals surface area contributed by atoms with Gasteiger partial charge in [-0.25, -0.2) is 24.7 Å². The van der Waals surface area contributed by atoms with Crippen LogP contribution < -0.4 is 20.9 Å². The number of nitrogens with zero attached hydrogens (tertiary/aromatic N) is 10. The second-order valence-corrected chi connectivity index (χ2v) is 19.3. The third-order valence-electron chi connectivity index (χ3n) is 14.4. The van der Waals surface area contributed by atoms with E-state index < -0.39 is 5.72 Å². The van der Waals surface area contributed by atoms with Gasteiger partial charge in [0.15, 0.2) is 34.2 Å². The van der Waals surface area contributed by atoms with Crippen molar-refractivity contribution >= 4 is 89.5 Å². The molecular weight excluding hydrogens is 925 g/mol. The number of para-hydroxylation sites is 2. The normalized spacial score (nSPS) is 19.3. The van der Waals surface area contributed by atoms with Gasteiger partial charge in [0.25, 0.3) is 0 Å². The molecule has 0 spiro atoms. The van der Waals surface area contributed by atoms with E-state index >= 15 is 0 Å². The minimum Gasteiger partial charge on any atom is -0.457 e. The van der Waals surface area contributed by atoms with E-state index in [0.717, 1.165) is 84.5 Å². The number of aliphatic hydroxyl groups is 1. The molecule has 1 fully saturated rings. The molecule has 19 heteroatoms. The molecule has 5 N–H and O–H groups in total. The lowest BCUT2D eigenvalue weighted by Gasteiger charge is -2.48. The number of anilines is 3. The van der Waals surface area contributed by atoms with Crippen LogP contribution in [0.2, 0.25) is 0 Å². The largest absolute Gasteiger partial charge is 0.457 e. The van der Waals surface area contributed by atoms with E-state index in [1.54, 1.807) is 19.8 Å². The molecule has 0 radical (unpaired) electrons. The lowest BCUT2D eigenvalue weighted by atomic mass is 9.93. The van der Waals surface area contributed by atoms with Gasteiger partial charge in [0.05, 0.1) is 52.9 Å². The highest BCUT2D eigenvalue weighted by Gasteiger charge is 2.53. The van der Waals surface area contributed by atoms with Gasteiger partial charge in [0.2, 0.25) is 5.95 Å². The predicted molar refractivity (Wildman–Crippen MR) is 284 cm³/mol. The number of imidazole rings is 2. The van der Waals surface area contributed by atoms with Crippen molar-refractivity contribution in [2.24, 2.45) is 0 Å². The number of esters is 1. The van der Waals surface area contributed by atoms with Crippen LogP contribution in [0.25, 0.3) is 65.9 Å². The van der Waals surface area contributed by atoms with Crippen molar-refractivity contribution in [3.63, 3.8) is 0 Å². The van der Waals surface area contributed by atoms with Crippen LogP contribution in [0.5, 0.6) is 0 Å². The van der Waals surface area contributed by atoms with Crippen LogP contribution in [0.1, 0.15) is 74.3 Å². The Bertz CT molecular complexity index is 3670. The monoisotopic (exact) mass is 984 g/mol. The van der Waals surface area contributed by atoms with Crippen LogP contribution in [-0.4, -0.2) is 113 Å². The summed E-state index contributed by atoms with van der Waals surface area (Å²) < 4.78 is 25.6. The molecule has 3 aliphatic heterocycles. The Morgan fingerprint density at radius 2 is 1.68 bits per heavy atom. The summed E-state index contributed by atoms with van der Waals surface area (Å²) in [5.41, 5.74) is 9.40. The van der Waals surface area contributed by atoms with Crippen molar-refractivity contribution in [1.29, 1.82) is 0 Å². The highest BCUT2D eigenvalue weighted by molar-refractivity contribution is 6.30. The van der Waals surface area contributed by atoms with Crippen molar-refractivity contribution in [2.45, 2.75) is 89.9 Å². The maximum Gasteiger partial charge on any atom is 0.339 e. The number of cyclic esters (lactones) is 1. The fraction of sp³-hybridized carbons (Fsp3) is 0.352. The summed E-state index contributed by atoms with van der Waals surface area (Å²) in [6.07, 6.45) is 6.00. The average Bonchev–Trinajstić information content (AvgIpc) is 4.25. The van der Waals surface area contributed by atoms with E-state index in [2.05, 4.69) is 135 Å². The Balaban J connectivity index is 0.000000132. The summed E-state index contributed by atoms with van der Waals surface area (Å²) >= 11 is 0. The Morgan fingerprint density at radius 3 is 2.40 bits per heavy atom. The van der Waals surface area contributed by atoms with Crippen LogP contribution in [0.3, 0.4) is 0 Å². The molecular formula is C54H60N14O5. The summed E-state index contributed by atoms with van der Waals surface area (Å²) in [4.78, 5) is 44.0. The second-order valence-electron chi connectivity index (χ2n) is 19.3. The predicted octanol–water partition coefficient (Wildman–Crippen LogP) is 8.40. The number of ether oxygens (including phenoxy) is 3. The number of hydrogen-bond donors (Lipinski definition) is 5. The zero-order chi connectivity index (χ0) is 50.7. The van der Waals surface area contributed by atoms with Crippen molar-refractivity contribution in [3.05, 3.63) is 115 Å². The van der Waals surface area contributed by atoms with E-state index in [4.69, 9.17) is 14.2 Å². The average molecular weight is 985 g/mol. The van der Waals surface area contributed by atoms with Gasteiger partial charge in [-0.3, -0.25) is 0 Å². The minimum absolute atomic E-state index is 0.0358. The van der Waals surface area contributed by atoms with E-state index in [9.17, 15) is 9.90 Å². The van der Waals surface area contributed by atoms with Gasteiger partial charge in [0, 0.05) is 73.4 Å². The number of hydrogen-bond acceptors (Lipinski definition) is 15. The van der Waals surface area contributed by atoms with E-state index in [-0.39, 0.29) is 49.6 Å². The Morgan fingerprint density at radius 1 is 0.945 bits per heavy atom. The molecule has 2 bridgehead atoms. The number of benzene rings is 4. The summed E-state index contributed by atoms with van der Waals surface area (Å²) in [5, 5.41) is 23.8. The molecule has 0 saturated carbocycles. The molecule has 5 atom stereocenters. The van der Waals surface area contributed by atoms with Gasteiger partial charge in [-0.1, -0.05) is 73.7 Å². The fourth-order valence-electron chi connectivity index (χ4n) is 11.0. The first kappa shape index (κ1) is 47.6. The molecule has 6 aromatic heterocycles. The highest BCUT2D eigenvalue weighted by Crippen LogP contribution is 2.54. The zero-order valence-corrected chi connectivity index (χ0v) is 42.2. The molecule has 9 heterocycles. The van der Waals surface area contributed by atoms with E-state index in [1.807, 2.05) is 61.8 Å². The molecule has 1 saturated heterocycles. The molecule has 376 valence electrons. The number of aromatic amines is 1. The van der Waals surface area contributed by atoms with Gasteiger partial charge < -0.3 is 58.9 Å². The summed E-state index contributed by atoms with van der Waals surface area (Å²) in [6, 6.07) is 27.1. The summed E-state index contributed by atoms with van der Waals surface area (Å²) in [5.74, 6) is 1.80. The number of rotatable bonds is 11. The number of likely N-dealkylation sites (N-methyl/N-ethyl adjacent to an activating group) is 1. The second kappa shape index (κ2) is 19.0. The number of H-pyrrole nitrogens is 1. The lowest BCUT2D eigenvalue weighted by Crippen LogP contribution is -2.59. The number of aromatic nitrogens is 10. The molecule has 10 aromatic rings. The number of methoxy groups -OCH3 is 1. The number of fused-ring (bicyclic) bond motifs is 15. The smallest absolute Gasteiger partial charge is 0.339 e. The van der Waals surface area contributed by atoms with Crippen LogP contribution in [0.15, 0.2) is 97.8 Å². The number of carbonyl (C=O) groups is 1. The van der Waals surface area contributed by atoms with Gasteiger partial charge in [-0.15, -0.1) is 0 Å². The maximum atomic E-state index is 13.2. The molecule has 0 unspecified atom stereocenters. The third kappa shape index (κ3) is 7.85. The molecule has 3 aliphatic rings. The van der Waals surface area contributed by atoms with Gasteiger partial charge in [-0.05, 0) is 51.9 Å². The number of carbonyl (C=O) groups excluding carboxylic acids is 1. The molecule has 0 amide bonds. The van der Waals surface area contributed by atoms with Crippen LogP contribution in [0, 0.1) is 0 Å². The van der Waals surface area contributed by atoms with Gasteiger partial charge >= 0.3 is 5.97 Å². The quantitative estimate of drug-likeness (QED) is 0.0770. The van der Waals surface area contributed by atoms with Crippen molar-refractivity contribution in [3.8, 4) is 0 Å². The SMILES string of the molecule is CC[C@H](CO)Nc1nc(NCc2ccccc2)c2ncn(C(C)C)c2n1.CN(C)c1ncnc2nc[nH]c12.CN[C@H]1C[C@@H]2O[C@](C)([C@H]1OC)n1c3ccccc3c3c4c(c5c6ccccc6n2c5c31)C(=O)OC4. The fourth-order valence-corrected chi connectivity index (χ4v) is 11.0. The van der Waals surface area contributed by atoms with Crippen molar-refractivity contribution in [1.82, 2.24) is 53.9 Å². The van der Waals surface area contributed by atoms with Crippen LogP contribution in [-0.2, 0) is 33.1 Å². The maximum absolute atomic E-state index is 13.2. The minimum atomic E-state index is -0.780. The lowest BCUT2D eigenvalue weighted by molar-refractivity contribution is -0.256. The molecule has 0 aliphatic carbocycles. The first-order valence-electron chi connectivity index (χ1n) is 24.8. The first-order chi connectivity index (χ1) is 35.5. The number of aliphatic hydroxyl groups excluding tert-OH is 1. The molecule has 4 aromatic carbocycles. The first-order valence-corrected chi connectivity index (χ1v) is 24.8. The molecule has 73 heavy (non-hydrogen) atoms. The van der Waals surface area contributed by atoms with Gasteiger partial charge in [-0.2, -0.15) is 9.97 Å². The molecule has 13 rings (SSSR count).